The van der Waals surface area contributed by atoms with E-state index >= 15 is 0 Å². The fourth-order valence-corrected chi connectivity index (χ4v) is 4.52. The molecule has 0 aliphatic heterocycles. The van der Waals surface area contributed by atoms with E-state index in [1.807, 2.05) is 30.3 Å². The molecule has 10 nitrogen and oxygen atoms in total. The molecule has 0 aliphatic rings. The maximum atomic E-state index is 12.9. The van der Waals surface area contributed by atoms with Crippen molar-refractivity contribution in [1.29, 1.82) is 0 Å². The number of aromatic nitrogens is 4. The molecule has 0 N–H and O–H groups in total. The summed E-state index contributed by atoms with van der Waals surface area (Å²) in [7, 11) is 1.62. The highest BCUT2D eigenvalue weighted by Crippen LogP contribution is 2.27. The topological polar surface area (TPSA) is 126 Å². The minimum absolute atomic E-state index is 0.0115. The van der Waals surface area contributed by atoms with Gasteiger partial charge in [-0.15, -0.1) is 10.2 Å². The summed E-state index contributed by atoms with van der Waals surface area (Å²) in [5, 5.41) is 19.6. The molecule has 2 aromatic carbocycles. The zero-order chi connectivity index (χ0) is 24.4. The van der Waals surface area contributed by atoms with Crippen LogP contribution in [0.25, 0.3) is 11.5 Å². The van der Waals surface area contributed by atoms with Gasteiger partial charge in [0.15, 0.2) is 0 Å². The number of nitro groups is 1. The predicted molar refractivity (Wildman–Crippen MR) is 127 cm³/mol. The normalized spacial score (nSPS) is 11.0. The van der Waals surface area contributed by atoms with E-state index in [0.29, 0.717) is 27.6 Å². The lowest BCUT2D eigenvalue weighted by Gasteiger charge is -2.14. The van der Waals surface area contributed by atoms with Gasteiger partial charge in [0.1, 0.15) is 0 Å². The highest BCUT2D eigenvalue weighted by Gasteiger charge is 2.18. The number of nitrogens with zero attached hydrogens (tertiary/aromatic N) is 5. The van der Waals surface area contributed by atoms with Crippen molar-refractivity contribution in [2.75, 3.05) is 0 Å². The molecule has 0 bridgehead atoms. The molecule has 0 amide bonds. The summed E-state index contributed by atoms with van der Waals surface area (Å²) in [6.45, 7) is 3.52. The number of hydrogen-bond acceptors (Lipinski definition) is 8. The van der Waals surface area contributed by atoms with Crippen LogP contribution in [-0.4, -0.2) is 24.3 Å². The minimum atomic E-state index is -0.449. The smallest absolute Gasteiger partial charge is 0.331 e. The molecule has 174 valence electrons. The van der Waals surface area contributed by atoms with Crippen LogP contribution in [0, 0.1) is 24.0 Å². The Morgan fingerprint density at radius 1 is 1.09 bits per heavy atom. The van der Waals surface area contributed by atoms with Crippen LogP contribution in [0.5, 0.6) is 0 Å². The van der Waals surface area contributed by atoms with Crippen LogP contribution in [0.1, 0.15) is 22.6 Å². The number of hydrogen-bond donors (Lipinski definition) is 0. The van der Waals surface area contributed by atoms with E-state index in [-0.39, 0.29) is 29.4 Å². The van der Waals surface area contributed by atoms with Gasteiger partial charge < -0.3 is 4.42 Å². The van der Waals surface area contributed by atoms with Gasteiger partial charge in [-0.25, -0.2) is 4.79 Å². The fourth-order valence-electron chi connectivity index (χ4n) is 3.56. The molecule has 0 aliphatic carbocycles. The lowest BCUT2D eigenvalue weighted by molar-refractivity contribution is -0.385. The molecule has 4 aromatic rings. The lowest BCUT2D eigenvalue weighted by Crippen LogP contribution is -2.41. The second kappa shape index (κ2) is 9.48. The monoisotopic (exact) mass is 479 g/mol. The molecule has 0 unspecified atom stereocenters. The van der Waals surface area contributed by atoms with Crippen molar-refractivity contribution in [3.05, 3.63) is 102 Å². The Labute approximate surface area is 198 Å². The van der Waals surface area contributed by atoms with Gasteiger partial charge in [-0.3, -0.25) is 24.0 Å². The largest absolute Gasteiger partial charge is 0.420 e. The van der Waals surface area contributed by atoms with Crippen molar-refractivity contribution in [1.82, 2.24) is 19.3 Å². The van der Waals surface area contributed by atoms with Crippen LogP contribution in [0.2, 0.25) is 0 Å². The molecule has 0 atom stereocenters. The minimum Gasteiger partial charge on any atom is -0.420 e. The van der Waals surface area contributed by atoms with E-state index in [1.54, 1.807) is 33.0 Å². The first-order valence-corrected chi connectivity index (χ1v) is 11.3. The summed E-state index contributed by atoms with van der Waals surface area (Å²) in [4.78, 5) is 36.4. The van der Waals surface area contributed by atoms with Gasteiger partial charge in [0.2, 0.25) is 11.8 Å². The number of benzene rings is 2. The summed E-state index contributed by atoms with van der Waals surface area (Å²) in [5.41, 5.74) is 1.63. The third-order valence-electron chi connectivity index (χ3n) is 5.33. The molecule has 0 fully saturated rings. The summed E-state index contributed by atoms with van der Waals surface area (Å²) >= 11 is 1.25. The van der Waals surface area contributed by atoms with Crippen LogP contribution < -0.4 is 11.2 Å². The Morgan fingerprint density at radius 2 is 1.82 bits per heavy atom. The SMILES string of the molecule is Cc1cc(-c2nnc(CSc3c(C)c(=O)n(Cc4ccccc4)c(=O)n3C)o2)ccc1[N+](=O)[O-]. The van der Waals surface area contributed by atoms with Crippen LogP contribution in [0.3, 0.4) is 0 Å². The molecule has 2 heterocycles. The highest BCUT2D eigenvalue weighted by atomic mass is 32.2. The fraction of sp³-hybridized carbons (Fsp3) is 0.217. The van der Waals surface area contributed by atoms with Crippen LogP contribution in [0.4, 0.5) is 5.69 Å². The van der Waals surface area contributed by atoms with Crippen molar-refractivity contribution in [2.24, 2.45) is 7.05 Å². The van der Waals surface area contributed by atoms with E-state index in [1.165, 1.54) is 27.0 Å². The second-order valence-electron chi connectivity index (χ2n) is 7.70. The van der Waals surface area contributed by atoms with Crippen molar-refractivity contribution >= 4 is 17.4 Å². The molecule has 4 rings (SSSR count). The van der Waals surface area contributed by atoms with Crippen molar-refractivity contribution in [3.63, 3.8) is 0 Å². The van der Waals surface area contributed by atoms with Crippen LogP contribution >= 0.6 is 11.8 Å². The van der Waals surface area contributed by atoms with Gasteiger partial charge in [-0.2, -0.15) is 0 Å². The Balaban J connectivity index is 1.55. The maximum absolute atomic E-state index is 12.9. The second-order valence-corrected chi connectivity index (χ2v) is 8.66. The number of nitro benzene ring substituents is 1. The van der Waals surface area contributed by atoms with Gasteiger partial charge in [0, 0.05) is 29.8 Å². The predicted octanol–water partition coefficient (Wildman–Crippen LogP) is 3.46. The molecule has 2 aromatic heterocycles. The maximum Gasteiger partial charge on any atom is 0.331 e. The standard InChI is InChI=1S/C23H21N5O5S/c1-14-11-17(9-10-18(14)28(31)32)20-25-24-19(33-20)13-34-22-15(2)21(29)27(23(30)26(22)3)12-16-7-5-4-6-8-16/h4-11H,12-13H2,1-3H3. The Kier molecular flexibility index (Phi) is 6.46. The van der Waals surface area contributed by atoms with E-state index in [4.69, 9.17) is 4.42 Å². The molecule has 0 saturated heterocycles. The summed E-state index contributed by atoms with van der Waals surface area (Å²) < 4.78 is 8.37. The molecule has 34 heavy (non-hydrogen) atoms. The van der Waals surface area contributed by atoms with Crippen molar-refractivity contribution in [3.8, 4) is 11.5 Å². The molecule has 0 radical (unpaired) electrons. The zero-order valence-electron chi connectivity index (χ0n) is 18.7. The van der Waals surface area contributed by atoms with Gasteiger partial charge in [0.25, 0.3) is 11.2 Å². The van der Waals surface area contributed by atoms with Crippen LogP contribution in [-0.2, 0) is 19.3 Å². The number of aryl methyl sites for hydroxylation is 1. The van der Waals surface area contributed by atoms with E-state index in [2.05, 4.69) is 10.2 Å². The van der Waals surface area contributed by atoms with Gasteiger partial charge in [-0.05, 0) is 31.5 Å². The van der Waals surface area contributed by atoms with E-state index in [0.717, 1.165) is 5.56 Å². The van der Waals surface area contributed by atoms with Crippen molar-refractivity contribution < 1.29 is 9.34 Å². The average molecular weight is 480 g/mol. The average Bonchev–Trinajstić information content (AvgIpc) is 3.30. The lowest BCUT2D eigenvalue weighted by atomic mass is 10.1. The Hall–Kier alpha value is -3.99. The molecule has 11 heteroatoms. The van der Waals surface area contributed by atoms with Gasteiger partial charge >= 0.3 is 5.69 Å². The summed E-state index contributed by atoms with van der Waals surface area (Å²) in [5.74, 6) is 0.781. The number of rotatable bonds is 7. The molecule has 0 spiro atoms. The van der Waals surface area contributed by atoms with Gasteiger partial charge in [0.05, 0.1) is 22.2 Å². The third kappa shape index (κ3) is 4.55. The Bertz CT molecular complexity index is 1450. The molecular formula is C23H21N5O5S. The van der Waals surface area contributed by atoms with Gasteiger partial charge in [-0.1, -0.05) is 42.1 Å². The van der Waals surface area contributed by atoms with E-state index < -0.39 is 10.6 Å². The van der Waals surface area contributed by atoms with Crippen LogP contribution in [0.15, 0.2) is 67.6 Å². The highest BCUT2D eigenvalue weighted by molar-refractivity contribution is 7.98. The first kappa shape index (κ1) is 23.2. The zero-order valence-corrected chi connectivity index (χ0v) is 19.5. The van der Waals surface area contributed by atoms with Crippen molar-refractivity contribution in [2.45, 2.75) is 31.2 Å². The Morgan fingerprint density at radius 3 is 2.50 bits per heavy atom. The quantitative estimate of drug-likeness (QED) is 0.171. The summed E-state index contributed by atoms with van der Waals surface area (Å²) in [6, 6.07) is 13.9. The first-order valence-electron chi connectivity index (χ1n) is 10.3. The van der Waals surface area contributed by atoms with E-state index in [9.17, 15) is 19.7 Å². The number of thioether (sulfide) groups is 1. The third-order valence-corrected chi connectivity index (χ3v) is 6.58. The molecular weight excluding hydrogens is 458 g/mol. The first-order chi connectivity index (χ1) is 16.3. The molecule has 0 saturated carbocycles. The summed E-state index contributed by atoms with van der Waals surface area (Å²) in [6.07, 6.45) is 0.